The second-order valence-electron chi connectivity index (χ2n) is 4.67. The van der Waals surface area contributed by atoms with Crippen molar-refractivity contribution in [1.82, 2.24) is 20.3 Å². The minimum Gasteiger partial charge on any atom is -0.368 e. The highest BCUT2D eigenvalue weighted by Crippen LogP contribution is 2.08. The normalized spacial score (nSPS) is 10.1. The first-order valence-electron chi connectivity index (χ1n) is 7.20. The molecule has 0 aliphatic heterocycles. The van der Waals surface area contributed by atoms with Crippen LogP contribution in [0.4, 0.5) is 11.8 Å². The highest BCUT2D eigenvalue weighted by Gasteiger charge is 2.04. The van der Waals surface area contributed by atoms with Gasteiger partial charge in [0.2, 0.25) is 5.95 Å². The number of hydrogen-bond acceptors (Lipinski definition) is 6. The highest BCUT2D eigenvalue weighted by molar-refractivity contribution is 5.93. The van der Waals surface area contributed by atoms with E-state index in [0.29, 0.717) is 24.6 Å². The molecule has 1 amide bonds. The number of aromatic nitrogens is 3. The first-order valence-corrected chi connectivity index (χ1v) is 7.20. The van der Waals surface area contributed by atoms with E-state index in [-0.39, 0.29) is 5.91 Å². The molecule has 7 nitrogen and oxygen atoms in total. The SMILES string of the molecule is CCNc1nc(C)cc(NCCNC(=O)c2cccnc2)n1. The van der Waals surface area contributed by atoms with Crippen molar-refractivity contribution < 1.29 is 4.79 Å². The molecule has 7 heteroatoms. The molecule has 116 valence electrons. The van der Waals surface area contributed by atoms with E-state index in [4.69, 9.17) is 0 Å². The molecule has 3 N–H and O–H groups in total. The fourth-order valence-electron chi connectivity index (χ4n) is 1.86. The topological polar surface area (TPSA) is 91.8 Å². The predicted octanol–water partition coefficient (Wildman–Crippen LogP) is 1.45. The molecule has 0 spiro atoms. The Hall–Kier alpha value is -2.70. The van der Waals surface area contributed by atoms with Gasteiger partial charge in [-0.3, -0.25) is 9.78 Å². The fourth-order valence-corrected chi connectivity index (χ4v) is 1.86. The molecule has 0 saturated carbocycles. The Morgan fingerprint density at radius 2 is 2.09 bits per heavy atom. The highest BCUT2D eigenvalue weighted by atomic mass is 16.1. The number of nitrogens with zero attached hydrogens (tertiary/aromatic N) is 3. The molecule has 0 aromatic carbocycles. The Morgan fingerprint density at radius 3 is 2.82 bits per heavy atom. The predicted molar refractivity (Wildman–Crippen MR) is 86.0 cm³/mol. The summed E-state index contributed by atoms with van der Waals surface area (Å²) in [7, 11) is 0. The van der Waals surface area contributed by atoms with Gasteiger partial charge in [-0.1, -0.05) is 0 Å². The quantitative estimate of drug-likeness (QED) is 0.670. The summed E-state index contributed by atoms with van der Waals surface area (Å²) in [6.45, 7) is 5.75. The largest absolute Gasteiger partial charge is 0.368 e. The first kappa shape index (κ1) is 15.7. The molecule has 0 atom stereocenters. The van der Waals surface area contributed by atoms with Crippen LogP contribution in [0.5, 0.6) is 0 Å². The number of hydrogen-bond donors (Lipinski definition) is 3. The molecule has 0 radical (unpaired) electrons. The number of carbonyl (C=O) groups excluding carboxylic acids is 1. The van der Waals surface area contributed by atoms with Crippen LogP contribution in [0.15, 0.2) is 30.6 Å². The van der Waals surface area contributed by atoms with Crippen LogP contribution in [-0.4, -0.2) is 40.5 Å². The van der Waals surface area contributed by atoms with Crippen molar-refractivity contribution in [3.8, 4) is 0 Å². The van der Waals surface area contributed by atoms with E-state index in [1.165, 1.54) is 0 Å². The third-order valence-electron chi connectivity index (χ3n) is 2.83. The summed E-state index contributed by atoms with van der Waals surface area (Å²) in [6, 6.07) is 5.33. The minimum absolute atomic E-state index is 0.137. The molecule has 0 saturated heterocycles. The van der Waals surface area contributed by atoms with Crippen LogP contribution in [0.25, 0.3) is 0 Å². The molecule has 2 rings (SSSR count). The summed E-state index contributed by atoms with van der Waals surface area (Å²) in [6.07, 6.45) is 3.18. The van der Waals surface area contributed by atoms with Crippen molar-refractivity contribution in [2.75, 3.05) is 30.3 Å². The zero-order valence-corrected chi connectivity index (χ0v) is 12.8. The van der Waals surface area contributed by atoms with Gasteiger partial charge in [-0.05, 0) is 26.0 Å². The summed E-state index contributed by atoms with van der Waals surface area (Å²) in [5, 5.41) is 9.07. The van der Waals surface area contributed by atoms with E-state index in [2.05, 4.69) is 30.9 Å². The lowest BCUT2D eigenvalue weighted by Gasteiger charge is -2.09. The molecule has 0 aliphatic carbocycles. The maximum atomic E-state index is 11.8. The number of nitrogens with one attached hydrogen (secondary N) is 3. The van der Waals surface area contributed by atoms with Gasteiger partial charge < -0.3 is 16.0 Å². The van der Waals surface area contributed by atoms with Crippen LogP contribution < -0.4 is 16.0 Å². The minimum atomic E-state index is -0.137. The van der Waals surface area contributed by atoms with Gasteiger partial charge in [-0.15, -0.1) is 0 Å². The maximum Gasteiger partial charge on any atom is 0.252 e. The van der Waals surface area contributed by atoms with Crippen molar-refractivity contribution in [3.63, 3.8) is 0 Å². The number of carbonyl (C=O) groups is 1. The summed E-state index contributed by atoms with van der Waals surface area (Å²) < 4.78 is 0. The lowest BCUT2D eigenvalue weighted by atomic mass is 10.3. The van der Waals surface area contributed by atoms with Gasteiger partial charge in [0.15, 0.2) is 0 Å². The van der Waals surface area contributed by atoms with E-state index in [0.717, 1.165) is 18.1 Å². The smallest absolute Gasteiger partial charge is 0.252 e. The van der Waals surface area contributed by atoms with Gasteiger partial charge >= 0.3 is 0 Å². The summed E-state index contributed by atoms with van der Waals surface area (Å²) >= 11 is 0. The molecule has 2 aromatic heterocycles. The van der Waals surface area contributed by atoms with E-state index in [1.807, 2.05) is 19.9 Å². The van der Waals surface area contributed by atoms with Gasteiger partial charge in [0.1, 0.15) is 5.82 Å². The second-order valence-corrected chi connectivity index (χ2v) is 4.67. The fraction of sp³-hybridized carbons (Fsp3) is 0.333. The molecule has 0 bridgehead atoms. The maximum absolute atomic E-state index is 11.8. The first-order chi connectivity index (χ1) is 10.7. The summed E-state index contributed by atoms with van der Waals surface area (Å²) in [4.78, 5) is 24.4. The van der Waals surface area contributed by atoms with E-state index in [1.54, 1.807) is 24.5 Å². The molecular formula is C15H20N6O. The second kappa shape index (κ2) is 7.92. The summed E-state index contributed by atoms with van der Waals surface area (Å²) in [5.74, 6) is 1.20. The monoisotopic (exact) mass is 300 g/mol. The van der Waals surface area contributed by atoms with E-state index in [9.17, 15) is 4.79 Å². The Kier molecular flexibility index (Phi) is 5.65. The van der Waals surface area contributed by atoms with Gasteiger partial charge in [-0.25, -0.2) is 4.98 Å². The molecule has 2 aromatic rings. The summed E-state index contributed by atoms with van der Waals surface area (Å²) in [5.41, 5.74) is 1.43. The van der Waals surface area contributed by atoms with Gasteiger partial charge in [0.05, 0.1) is 5.56 Å². The lowest BCUT2D eigenvalue weighted by Crippen LogP contribution is -2.29. The average Bonchev–Trinajstić information content (AvgIpc) is 2.52. The molecular weight excluding hydrogens is 280 g/mol. The van der Waals surface area contributed by atoms with Gasteiger partial charge in [-0.2, -0.15) is 4.98 Å². The number of pyridine rings is 1. The number of rotatable bonds is 7. The molecule has 0 fully saturated rings. The van der Waals surface area contributed by atoms with Crippen LogP contribution in [0.3, 0.4) is 0 Å². The van der Waals surface area contributed by atoms with Crippen LogP contribution in [-0.2, 0) is 0 Å². The molecule has 22 heavy (non-hydrogen) atoms. The van der Waals surface area contributed by atoms with Crippen molar-refractivity contribution in [2.24, 2.45) is 0 Å². The Morgan fingerprint density at radius 1 is 1.23 bits per heavy atom. The third-order valence-corrected chi connectivity index (χ3v) is 2.83. The van der Waals surface area contributed by atoms with Gasteiger partial charge in [0.25, 0.3) is 5.91 Å². The zero-order valence-electron chi connectivity index (χ0n) is 12.8. The number of anilines is 2. The van der Waals surface area contributed by atoms with Crippen LogP contribution in [0.1, 0.15) is 23.0 Å². The van der Waals surface area contributed by atoms with Crippen molar-refractivity contribution in [3.05, 3.63) is 41.9 Å². The van der Waals surface area contributed by atoms with Crippen molar-refractivity contribution >= 4 is 17.7 Å². The van der Waals surface area contributed by atoms with Crippen LogP contribution in [0, 0.1) is 6.92 Å². The van der Waals surface area contributed by atoms with Crippen molar-refractivity contribution in [1.29, 1.82) is 0 Å². The van der Waals surface area contributed by atoms with Crippen LogP contribution in [0.2, 0.25) is 0 Å². The number of amides is 1. The molecule has 0 aliphatic rings. The zero-order chi connectivity index (χ0) is 15.8. The Balaban J connectivity index is 1.80. The molecule has 0 unspecified atom stereocenters. The van der Waals surface area contributed by atoms with E-state index >= 15 is 0 Å². The Labute approximate surface area is 129 Å². The van der Waals surface area contributed by atoms with Crippen LogP contribution >= 0.6 is 0 Å². The van der Waals surface area contributed by atoms with Crippen molar-refractivity contribution in [2.45, 2.75) is 13.8 Å². The standard InChI is InChI=1S/C15H20N6O/c1-3-17-15-20-11(2)9-13(21-15)18-7-8-19-14(22)12-5-4-6-16-10-12/h4-6,9-10H,3,7-8H2,1-2H3,(H,19,22)(H2,17,18,20,21). The lowest BCUT2D eigenvalue weighted by molar-refractivity contribution is 0.0955. The number of aryl methyl sites for hydroxylation is 1. The molecule has 2 heterocycles. The van der Waals surface area contributed by atoms with E-state index < -0.39 is 0 Å². The average molecular weight is 300 g/mol. The Bertz CT molecular complexity index is 617. The van der Waals surface area contributed by atoms with Gasteiger partial charge in [0, 0.05) is 43.8 Å². The third kappa shape index (κ3) is 4.69.